The lowest BCUT2D eigenvalue weighted by atomic mass is 10.2. The van der Waals surface area contributed by atoms with Crippen LogP contribution >= 0.6 is 22.7 Å². The number of nitrogens with two attached hydrogens (primary N) is 1. The summed E-state index contributed by atoms with van der Waals surface area (Å²) >= 11 is 3.66. The lowest BCUT2D eigenvalue weighted by Gasteiger charge is -2.15. The minimum absolute atomic E-state index is 0.657. The Hall–Kier alpha value is -0.680. The summed E-state index contributed by atoms with van der Waals surface area (Å²) in [6, 6.07) is 6.58. The van der Waals surface area contributed by atoms with Gasteiger partial charge >= 0.3 is 0 Å². The molecule has 2 aromatic rings. The number of rotatable bonds is 6. The van der Waals surface area contributed by atoms with Crippen LogP contribution < -0.4 is 5.73 Å². The van der Waals surface area contributed by atoms with Gasteiger partial charge in [0.05, 0.1) is 0 Å². The summed E-state index contributed by atoms with van der Waals surface area (Å²) in [7, 11) is 2.19. The maximum Gasteiger partial charge on any atom is 0.0274 e. The molecule has 2 nitrogen and oxygen atoms in total. The van der Waals surface area contributed by atoms with Crippen molar-refractivity contribution < 1.29 is 0 Å². The van der Waals surface area contributed by atoms with Crippen molar-refractivity contribution in [2.24, 2.45) is 5.73 Å². The normalized spacial score (nSPS) is 11.3. The van der Waals surface area contributed by atoms with Crippen molar-refractivity contribution in [3.05, 3.63) is 43.8 Å². The summed E-state index contributed by atoms with van der Waals surface area (Å²) in [4.78, 5) is 6.54. The predicted molar refractivity (Wildman–Crippen MR) is 81.3 cm³/mol. The highest BCUT2D eigenvalue weighted by molar-refractivity contribution is 7.12. The van der Waals surface area contributed by atoms with E-state index in [1.807, 2.05) is 22.7 Å². The van der Waals surface area contributed by atoms with E-state index in [4.69, 9.17) is 5.73 Å². The van der Waals surface area contributed by atoms with E-state index in [0.29, 0.717) is 6.54 Å². The third-order valence-electron chi connectivity index (χ3n) is 3.03. The molecule has 2 N–H and O–H groups in total. The second kappa shape index (κ2) is 6.48. The van der Waals surface area contributed by atoms with E-state index >= 15 is 0 Å². The van der Waals surface area contributed by atoms with Crippen molar-refractivity contribution >= 4 is 22.7 Å². The van der Waals surface area contributed by atoms with Gasteiger partial charge in [-0.15, -0.1) is 22.7 Å². The van der Waals surface area contributed by atoms with Crippen LogP contribution in [0.15, 0.2) is 23.6 Å². The molecule has 2 heterocycles. The quantitative estimate of drug-likeness (QED) is 0.880. The zero-order chi connectivity index (χ0) is 13.0. The van der Waals surface area contributed by atoms with E-state index in [2.05, 4.69) is 42.5 Å². The molecule has 4 heteroatoms. The first-order chi connectivity index (χ1) is 8.69. The first-order valence-corrected chi connectivity index (χ1v) is 7.88. The Kier molecular flexibility index (Phi) is 4.95. The average molecular weight is 280 g/mol. The van der Waals surface area contributed by atoms with Gasteiger partial charge in [-0.25, -0.2) is 0 Å². The lowest BCUT2D eigenvalue weighted by Crippen LogP contribution is -2.20. The lowest BCUT2D eigenvalue weighted by molar-refractivity contribution is 0.332. The van der Waals surface area contributed by atoms with Crippen LogP contribution in [-0.4, -0.2) is 18.5 Å². The van der Waals surface area contributed by atoms with Crippen LogP contribution in [0, 0.1) is 6.92 Å². The molecule has 0 fully saturated rings. The molecule has 0 bridgehead atoms. The fourth-order valence-electron chi connectivity index (χ4n) is 1.97. The molecule has 2 rings (SSSR count). The Morgan fingerprint density at radius 1 is 1.33 bits per heavy atom. The molecular formula is C14H20N2S2. The van der Waals surface area contributed by atoms with Crippen LogP contribution in [0.1, 0.15) is 20.2 Å². The van der Waals surface area contributed by atoms with Gasteiger partial charge in [0.2, 0.25) is 0 Å². The Morgan fingerprint density at radius 3 is 2.78 bits per heavy atom. The molecule has 0 atom stereocenters. The topological polar surface area (TPSA) is 29.3 Å². The molecule has 0 amide bonds. The molecule has 0 aliphatic heterocycles. The molecule has 2 aromatic heterocycles. The largest absolute Gasteiger partial charge is 0.326 e. The van der Waals surface area contributed by atoms with Gasteiger partial charge in [0, 0.05) is 34.3 Å². The standard InChI is InChI=1S/C14H20N2S2/c1-11-12(8-14(9-15)18-11)10-16(2)6-5-13-4-3-7-17-13/h3-4,7-8H,5-6,9-10,15H2,1-2H3. The molecule has 0 aliphatic carbocycles. The highest BCUT2D eigenvalue weighted by Gasteiger charge is 2.07. The van der Waals surface area contributed by atoms with Gasteiger partial charge in [0.25, 0.3) is 0 Å². The Morgan fingerprint density at radius 2 is 2.17 bits per heavy atom. The molecule has 0 saturated carbocycles. The van der Waals surface area contributed by atoms with Crippen molar-refractivity contribution in [3.63, 3.8) is 0 Å². The maximum atomic E-state index is 5.68. The number of hydrogen-bond acceptors (Lipinski definition) is 4. The summed E-state index contributed by atoms with van der Waals surface area (Å²) in [5.74, 6) is 0. The van der Waals surface area contributed by atoms with Crippen molar-refractivity contribution in [1.29, 1.82) is 0 Å². The first kappa shape index (κ1) is 13.7. The number of hydrogen-bond donors (Lipinski definition) is 1. The highest BCUT2D eigenvalue weighted by atomic mass is 32.1. The Balaban J connectivity index is 1.86. The number of thiophene rings is 2. The van der Waals surface area contributed by atoms with E-state index < -0.39 is 0 Å². The maximum absolute atomic E-state index is 5.68. The highest BCUT2D eigenvalue weighted by Crippen LogP contribution is 2.22. The monoisotopic (exact) mass is 280 g/mol. The van der Waals surface area contributed by atoms with E-state index in [9.17, 15) is 0 Å². The summed E-state index contributed by atoms with van der Waals surface area (Å²) in [6.07, 6.45) is 1.14. The van der Waals surface area contributed by atoms with Crippen molar-refractivity contribution in [3.8, 4) is 0 Å². The van der Waals surface area contributed by atoms with Gasteiger partial charge in [0.15, 0.2) is 0 Å². The zero-order valence-electron chi connectivity index (χ0n) is 11.0. The molecule has 0 saturated heterocycles. The van der Waals surface area contributed by atoms with E-state index in [1.54, 1.807) is 0 Å². The fourth-order valence-corrected chi connectivity index (χ4v) is 3.60. The third-order valence-corrected chi connectivity index (χ3v) is 5.08. The van der Waals surface area contributed by atoms with Crippen LogP contribution in [0.2, 0.25) is 0 Å². The van der Waals surface area contributed by atoms with Crippen molar-refractivity contribution in [2.75, 3.05) is 13.6 Å². The molecule has 98 valence electrons. The van der Waals surface area contributed by atoms with Crippen LogP contribution in [0.4, 0.5) is 0 Å². The van der Waals surface area contributed by atoms with Crippen LogP contribution in [0.5, 0.6) is 0 Å². The van der Waals surface area contributed by atoms with Gasteiger partial charge < -0.3 is 10.6 Å². The minimum atomic E-state index is 0.657. The second-order valence-corrected chi connectivity index (χ2v) is 6.94. The molecule has 0 aliphatic rings. The number of nitrogens with zero attached hydrogens (tertiary/aromatic N) is 1. The predicted octanol–water partition coefficient (Wildman–Crippen LogP) is 3.25. The Bertz CT molecular complexity index is 474. The summed E-state index contributed by atoms with van der Waals surface area (Å²) in [6.45, 7) is 4.97. The molecule has 18 heavy (non-hydrogen) atoms. The minimum Gasteiger partial charge on any atom is -0.326 e. The van der Waals surface area contributed by atoms with Gasteiger partial charge in [-0.3, -0.25) is 0 Å². The molecule has 0 unspecified atom stereocenters. The van der Waals surface area contributed by atoms with Crippen LogP contribution in [0.25, 0.3) is 0 Å². The summed E-state index contributed by atoms with van der Waals surface area (Å²) < 4.78 is 0. The van der Waals surface area contributed by atoms with Gasteiger partial charge in [-0.05, 0) is 43.5 Å². The molecule has 0 spiro atoms. The Labute approximate surface area is 117 Å². The van der Waals surface area contributed by atoms with E-state index in [-0.39, 0.29) is 0 Å². The first-order valence-electron chi connectivity index (χ1n) is 6.18. The van der Waals surface area contributed by atoms with Crippen molar-refractivity contribution in [2.45, 2.75) is 26.4 Å². The summed E-state index contributed by atoms with van der Waals surface area (Å²) in [5.41, 5.74) is 7.11. The van der Waals surface area contributed by atoms with Gasteiger partial charge in [-0.2, -0.15) is 0 Å². The second-order valence-electron chi connectivity index (χ2n) is 4.57. The van der Waals surface area contributed by atoms with Crippen molar-refractivity contribution in [1.82, 2.24) is 4.90 Å². The molecule has 0 radical (unpaired) electrons. The fraction of sp³-hybridized carbons (Fsp3) is 0.429. The smallest absolute Gasteiger partial charge is 0.0274 e. The van der Waals surface area contributed by atoms with Gasteiger partial charge in [0.1, 0.15) is 0 Å². The van der Waals surface area contributed by atoms with Crippen LogP contribution in [-0.2, 0) is 19.5 Å². The van der Waals surface area contributed by atoms with E-state index in [0.717, 1.165) is 19.5 Å². The zero-order valence-corrected chi connectivity index (χ0v) is 12.6. The molecular weight excluding hydrogens is 260 g/mol. The third kappa shape index (κ3) is 3.65. The number of aryl methyl sites for hydroxylation is 1. The molecule has 0 aromatic carbocycles. The average Bonchev–Trinajstić information content (AvgIpc) is 2.97. The van der Waals surface area contributed by atoms with Gasteiger partial charge in [-0.1, -0.05) is 6.07 Å². The number of likely N-dealkylation sites (N-methyl/N-ethyl adjacent to an activating group) is 1. The van der Waals surface area contributed by atoms with E-state index in [1.165, 1.54) is 20.2 Å². The summed E-state index contributed by atoms with van der Waals surface area (Å²) in [5, 5.41) is 2.14. The SMILES string of the molecule is Cc1sc(CN)cc1CN(C)CCc1cccs1. The van der Waals surface area contributed by atoms with Crippen LogP contribution in [0.3, 0.4) is 0 Å².